The number of methoxy groups -OCH3 is 2. The third-order valence-corrected chi connectivity index (χ3v) is 8.33. The van der Waals surface area contributed by atoms with Crippen molar-refractivity contribution in [1.29, 1.82) is 0 Å². The number of hydrogen-bond acceptors (Lipinski definition) is 8. The summed E-state index contributed by atoms with van der Waals surface area (Å²) in [5, 5.41) is 0. The predicted octanol–water partition coefficient (Wildman–Crippen LogP) is 6.23. The summed E-state index contributed by atoms with van der Waals surface area (Å²) in [6, 6.07) is 14.5. The van der Waals surface area contributed by atoms with Crippen LogP contribution in [0, 0.1) is 0 Å². The van der Waals surface area contributed by atoms with Crippen LogP contribution in [0.3, 0.4) is 0 Å². The summed E-state index contributed by atoms with van der Waals surface area (Å²) < 4.78 is 40.5. The van der Waals surface area contributed by atoms with Crippen LogP contribution in [-0.2, 0) is 36.7 Å². The molecule has 1 aliphatic rings. The quantitative estimate of drug-likeness (QED) is 0.133. The van der Waals surface area contributed by atoms with E-state index in [4.69, 9.17) is 33.2 Å². The van der Waals surface area contributed by atoms with E-state index in [0.29, 0.717) is 43.3 Å². The Balaban J connectivity index is 1.69. The lowest BCUT2D eigenvalue weighted by Crippen LogP contribution is -2.28. The van der Waals surface area contributed by atoms with E-state index in [0.717, 1.165) is 30.0 Å². The number of benzene rings is 2. The monoisotopic (exact) mass is 574 g/mol. The number of esters is 1. The number of aryl methyl sites for hydroxylation is 1. The highest BCUT2D eigenvalue weighted by Crippen LogP contribution is 2.34. The average molecular weight is 575 g/mol. The van der Waals surface area contributed by atoms with Crippen molar-refractivity contribution >= 4 is 14.0 Å². The molecule has 2 aromatic rings. The zero-order valence-electron chi connectivity index (χ0n) is 25.1. The summed E-state index contributed by atoms with van der Waals surface area (Å²) in [7, 11) is 1.78. The van der Waals surface area contributed by atoms with Gasteiger partial charge in [0.2, 0.25) is 0 Å². The lowest BCUT2D eigenvalue weighted by atomic mass is 9.98. The molecule has 1 fully saturated rings. The number of rotatable bonds is 16. The number of carbonyl (C=O) groups excluding carboxylic acids is 1. The molecule has 2 atom stereocenters. The molecular weight excluding hydrogens is 528 g/mol. The van der Waals surface area contributed by atoms with E-state index in [2.05, 4.69) is 19.6 Å². The summed E-state index contributed by atoms with van der Waals surface area (Å²) in [6.45, 7) is 12.0. The lowest BCUT2D eigenvalue weighted by molar-refractivity contribution is -0.151. The van der Waals surface area contributed by atoms with Crippen molar-refractivity contribution in [3.05, 3.63) is 59.2 Å². The van der Waals surface area contributed by atoms with E-state index in [-0.39, 0.29) is 19.0 Å². The molecule has 0 saturated carbocycles. The van der Waals surface area contributed by atoms with Crippen molar-refractivity contribution in [3.63, 3.8) is 0 Å². The molecule has 0 aliphatic carbocycles. The van der Waals surface area contributed by atoms with Gasteiger partial charge in [-0.25, -0.2) is 4.79 Å². The normalized spacial score (nSPS) is 18.5. The molecule has 1 aliphatic heterocycles. The first kappa shape index (κ1) is 32.1. The van der Waals surface area contributed by atoms with E-state index < -0.39 is 19.8 Å². The van der Waals surface area contributed by atoms with Gasteiger partial charge in [0.1, 0.15) is 23.2 Å². The van der Waals surface area contributed by atoms with Crippen LogP contribution in [0.4, 0.5) is 0 Å². The van der Waals surface area contributed by atoms with Gasteiger partial charge in [0.05, 0.1) is 33.0 Å². The standard InChI is InChI=1S/C31H46O8Si/c1-31(2)38-26(28(39-31)21-35-20-23-12-9-8-10-13-23)15-11-14-24-18-25(34-4)19-27(37-22-33-3)29(24)30(32)36-16-17-40(5,6)7/h8-10,12-13,18-19,26,28H,11,14-17,20-22H2,1-7H3/t26-,28?/m0/s1. The molecule has 40 heavy (non-hydrogen) atoms. The number of hydrogen-bond donors (Lipinski definition) is 0. The van der Waals surface area contributed by atoms with Crippen LogP contribution >= 0.6 is 0 Å². The lowest BCUT2D eigenvalue weighted by Gasteiger charge is -2.20. The first-order valence-corrected chi connectivity index (χ1v) is 17.7. The molecule has 0 aromatic heterocycles. The van der Waals surface area contributed by atoms with Crippen molar-refractivity contribution in [3.8, 4) is 11.5 Å². The SMILES string of the molecule is COCOc1cc(OC)cc(CCC[C@@H]2OC(C)(C)OC2COCc2ccccc2)c1C(=O)OCC[Si](C)(C)C. The topological polar surface area (TPSA) is 81.7 Å². The van der Waals surface area contributed by atoms with Crippen LogP contribution in [0.2, 0.25) is 25.7 Å². The fraction of sp³-hybridized carbons (Fsp3) is 0.581. The van der Waals surface area contributed by atoms with Crippen LogP contribution in [0.1, 0.15) is 48.2 Å². The Kier molecular flexibility index (Phi) is 12.0. The molecule has 8 nitrogen and oxygen atoms in total. The third kappa shape index (κ3) is 10.2. The largest absolute Gasteiger partial charge is 0.497 e. The molecule has 1 unspecified atom stereocenters. The number of carbonyl (C=O) groups is 1. The minimum absolute atomic E-state index is 0.00872. The Morgan fingerprint density at radius 1 is 1.02 bits per heavy atom. The second-order valence-corrected chi connectivity index (χ2v) is 17.4. The zero-order chi connectivity index (χ0) is 29.2. The number of ether oxygens (including phenoxy) is 7. The van der Waals surface area contributed by atoms with Gasteiger partial charge < -0.3 is 33.2 Å². The van der Waals surface area contributed by atoms with Crippen LogP contribution in [0.5, 0.6) is 11.5 Å². The summed E-state index contributed by atoms with van der Waals surface area (Å²) in [4.78, 5) is 13.3. The van der Waals surface area contributed by atoms with Crippen molar-refractivity contribution in [1.82, 2.24) is 0 Å². The first-order valence-electron chi connectivity index (χ1n) is 14.0. The van der Waals surface area contributed by atoms with E-state index in [1.807, 2.05) is 50.2 Å². The minimum atomic E-state index is -1.36. The Morgan fingerprint density at radius 2 is 1.75 bits per heavy atom. The molecule has 3 rings (SSSR count). The van der Waals surface area contributed by atoms with Gasteiger partial charge in [-0.3, -0.25) is 0 Å². The molecule has 9 heteroatoms. The van der Waals surface area contributed by atoms with Crippen LogP contribution in [0.15, 0.2) is 42.5 Å². The van der Waals surface area contributed by atoms with Crippen molar-refractivity contribution in [2.45, 2.75) is 83.4 Å². The van der Waals surface area contributed by atoms with E-state index in [1.54, 1.807) is 13.2 Å². The smallest absolute Gasteiger partial charge is 0.342 e. The maximum absolute atomic E-state index is 13.3. The highest BCUT2D eigenvalue weighted by atomic mass is 28.3. The Hall–Kier alpha value is -2.43. The Bertz CT molecular complexity index is 1070. The van der Waals surface area contributed by atoms with Crippen molar-refractivity contribution < 1.29 is 38.0 Å². The second-order valence-electron chi connectivity index (χ2n) is 11.8. The molecule has 0 amide bonds. The molecule has 0 radical (unpaired) electrons. The highest BCUT2D eigenvalue weighted by Gasteiger charge is 2.41. The summed E-state index contributed by atoms with van der Waals surface area (Å²) in [5.41, 5.74) is 2.34. The molecule has 1 saturated heterocycles. The van der Waals surface area contributed by atoms with Crippen LogP contribution in [-0.4, -0.2) is 66.3 Å². The molecule has 0 spiro atoms. The summed E-state index contributed by atoms with van der Waals surface area (Å²) >= 11 is 0. The van der Waals surface area contributed by atoms with Crippen LogP contribution < -0.4 is 9.47 Å². The minimum Gasteiger partial charge on any atom is -0.497 e. The van der Waals surface area contributed by atoms with Gasteiger partial charge in [-0.15, -0.1) is 0 Å². The molecule has 2 aromatic carbocycles. The van der Waals surface area contributed by atoms with Gasteiger partial charge in [-0.05, 0) is 56.3 Å². The van der Waals surface area contributed by atoms with Crippen molar-refractivity contribution in [2.75, 3.05) is 34.2 Å². The van der Waals surface area contributed by atoms with E-state index >= 15 is 0 Å². The van der Waals surface area contributed by atoms with Gasteiger partial charge >= 0.3 is 5.97 Å². The fourth-order valence-electron chi connectivity index (χ4n) is 4.61. The Labute approximate surface area is 240 Å². The Morgan fingerprint density at radius 3 is 2.42 bits per heavy atom. The zero-order valence-corrected chi connectivity index (χ0v) is 26.1. The molecule has 0 bridgehead atoms. The summed E-state index contributed by atoms with van der Waals surface area (Å²) in [6.07, 6.45) is 1.78. The maximum atomic E-state index is 13.3. The van der Waals surface area contributed by atoms with Gasteiger partial charge in [0.25, 0.3) is 0 Å². The van der Waals surface area contributed by atoms with Gasteiger partial charge in [-0.2, -0.15) is 0 Å². The summed E-state index contributed by atoms with van der Waals surface area (Å²) in [5.74, 6) is -0.0826. The van der Waals surface area contributed by atoms with Gasteiger partial charge in [-0.1, -0.05) is 50.0 Å². The molecule has 0 N–H and O–H groups in total. The average Bonchev–Trinajstić information content (AvgIpc) is 3.19. The third-order valence-electron chi connectivity index (χ3n) is 6.63. The van der Waals surface area contributed by atoms with Gasteiger partial charge in [0, 0.05) is 21.3 Å². The van der Waals surface area contributed by atoms with E-state index in [9.17, 15) is 4.79 Å². The second kappa shape index (κ2) is 15.0. The van der Waals surface area contributed by atoms with E-state index in [1.165, 1.54) is 7.11 Å². The van der Waals surface area contributed by atoms with Crippen LogP contribution in [0.25, 0.3) is 0 Å². The first-order chi connectivity index (χ1) is 19.0. The maximum Gasteiger partial charge on any atom is 0.342 e. The predicted molar refractivity (Wildman–Crippen MR) is 157 cm³/mol. The van der Waals surface area contributed by atoms with Gasteiger partial charge in [0.15, 0.2) is 12.6 Å². The molecule has 222 valence electrons. The fourth-order valence-corrected chi connectivity index (χ4v) is 5.32. The molecular formula is C31H46O8Si. The van der Waals surface area contributed by atoms with Crippen molar-refractivity contribution in [2.24, 2.45) is 0 Å². The highest BCUT2D eigenvalue weighted by molar-refractivity contribution is 6.76. The molecule has 1 heterocycles.